The summed E-state index contributed by atoms with van der Waals surface area (Å²) in [4.78, 5) is 40.0. The number of carbonyl (C=O) groups excluding carboxylic acids is 3. The number of amides is 4. The van der Waals surface area contributed by atoms with Crippen molar-refractivity contribution in [2.24, 2.45) is 0 Å². The predicted octanol–water partition coefficient (Wildman–Crippen LogP) is 3.75. The van der Waals surface area contributed by atoms with Crippen LogP contribution in [0.2, 0.25) is 5.02 Å². The van der Waals surface area contributed by atoms with Crippen molar-refractivity contribution in [1.82, 2.24) is 4.90 Å². The van der Waals surface area contributed by atoms with Crippen LogP contribution in [0.3, 0.4) is 0 Å². The summed E-state index contributed by atoms with van der Waals surface area (Å²) in [6.45, 7) is 5.07. The Hall–Kier alpha value is -2.86. The third kappa shape index (κ3) is 3.80. The van der Waals surface area contributed by atoms with Crippen LogP contribution >= 0.6 is 11.6 Å². The molecule has 1 N–H and O–H groups in total. The molecule has 0 saturated carbocycles. The second kappa shape index (κ2) is 7.40. The molecule has 7 heteroatoms. The number of imide groups is 1. The first-order valence-electron chi connectivity index (χ1n) is 8.55. The van der Waals surface area contributed by atoms with Crippen molar-refractivity contribution in [1.29, 1.82) is 0 Å². The van der Waals surface area contributed by atoms with Crippen LogP contribution in [0.1, 0.15) is 18.1 Å². The van der Waals surface area contributed by atoms with E-state index in [1.807, 2.05) is 26.0 Å². The fourth-order valence-electron chi connectivity index (χ4n) is 3.01. The molecule has 0 radical (unpaired) electrons. The normalized spacial score (nSPS) is 16.8. The first-order valence-corrected chi connectivity index (χ1v) is 8.93. The summed E-state index contributed by atoms with van der Waals surface area (Å²) >= 11 is 5.91. The lowest BCUT2D eigenvalue weighted by molar-refractivity contribution is -0.130. The molecule has 140 valence electrons. The smallest absolute Gasteiger partial charge is 0.324 e. The van der Waals surface area contributed by atoms with Crippen molar-refractivity contribution in [3.63, 3.8) is 0 Å². The summed E-state index contributed by atoms with van der Waals surface area (Å²) in [5.74, 6) is -0.844. The van der Waals surface area contributed by atoms with Crippen LogP contribution in [0.5, 0.6) is 0 Å². The Morgan fingerprint density at radius 2 is 1.78 bits per heavy atom. The van der Waals surface area contributed by atoms with Gasteiger partial charge in [-0.1, -0.05) is 29.3 Å². The number of anilines is 2. The van der Waals surface area contributed by atoms with E-state index in [9.17, 15) is 14.4 Å². The molecule has 4 amide bonds. The molecule has 1 aliphatic heterocycles. The lowest BCUT2D eigenvalue weighted by atomic mass is 10.2. The summed E-state index contributed by atoms with van der Waals surface area (Å²) in [5, 5.41) is 3.29. The van der Waals surface area contributed by atoms with Crippen LogP contribution in [-0.2, 0) is 9.59 Å². The Morgan fingerprint density at radius 1 is 1.11 bits per heavy atom. The van der Waals surface area contributed by atoms with Crippen molar-refractivity contribution in [2.75, 3.05) is 16.8 Å². The molecule has 0 aliphatic carbocycles. The van der Waals surface area contributed by atoms with Crippen molar-refractivity contribution in [2.45, 2.75) is 26.8 Å². The van der Waals surface area contributed by atoms with Crippen molar-refractivity contribution < 1.29 is 14.4 Å². The van der Waals surface area contributed by atoms with E-state index in [0.29, 0.717) is 16.4 Å². The SMILES string of the molecule is Cc1ccc(N2C(=O)N(CC(=O)Nc3ccc(Cl)cc3C)C(=O)[C@H]2C)cc1. The minimum Gasteiger partial charge on any atom is -0.324 e. The van der Waals surface area contributed by atoms with Gasteiger partial charge in [0.1, 0.15) is 12.6 Å². The van der Waals surface area contributed by atoms with Crippen molar-refractivity contribution in [3.05, 3.63) is 58.6 Å². The Labute approximate surface area is 162 Å². The first kappa shape index (κ1) is 18.9. The number of urea groups is 1. The van der Waals surface area contributed by atoms with Crippen LogP contribution in [-0.4, -0.2) is 35.3 Å². The average Bonchev–Trinajstić information content (AvgIpc) is 2.82. The van der Waals surface area contributed by atoms with Gasteiger partial charge in [0.2, 0.25) is 5.91 Å². The minimum atomic E-state index is -0.662. The Kier molecular flexibility index (Phi) is 5.19. The van der Waals surface area contributed by atoms with Gasteiger partial charge in [-0.3, -0.25) is 19.4 Å². The number of halogens is 1. The van der Waals surface area contributed by atoms with Gasteiger partial charge < -0.3 is 5.32 Å². The highest BCUT2D eigenvalue weighted by molar-refractivity contribution is 6.30. The molecule has 0 bridgehead atoms. The highest BCUT2D eigenvalue weighted by atomic mass is 35.5. The van der Waals surface area contributed by atoms with Gasteiger partial charge in [0.15, 0.2) is 0 Å². The highest BCUT2D eigenvalue weighted by Crippen LogP contribution is 2.26. The number of nitrogens with zero attached hydrogens (tertiary/aromatic N) is 2. The van der Waals surface area contributed by atoms with Gasteiger partial charge in [-0.25, -0.2) is 4.79 Å². The van der Waals surface area contributed by atoms with E-state index >= 15 is 0 Å². The number of aryl methyl sites for hydroxylation is 2. The van der Waals surface area contributed by atoms with Gasteiger partial charge in [0.25, 0.3) is 5.91 Å². The molecule has 1 fully saturated rings. The monoisotopic (exact) mass is 385 g/mol. The van der Waals surface area contributed by atoms with E-state index in [4.69, 9.17) is 11.6 Å². The first-order chi connectivity index (χ1) is 12.8. The summed E-state index contributed by atoms with van der Waals surface area (Å²) in [5.41, 5.74) is 3.07. The van der Waals surface area contributed by atoms with E-state index in [-0.39, 0.29) is 6.54 Å². The maximum absolute atomic E-state index is 12.7. The average molecular weight is 386 g/mol. The van der Waals surface area contributed by atoms with E-state index in [1.54, 1.807) is 37.3 Å². The number of benzene rings is 2. The van der Waals surface area contributed by atoms with Gasteiger partial charge in [-0.15, -0.1) is 0 Å². The number of carbonyl (C=O) groups is 3. The number of hydrogen-bond acceptors (Lipinski definition) is 3. The maximum atomic E-state index is 12.7. The van der Waals surface area contributed by atoms with Crippen LogP contribution in [0.25, 0.3) is 0 Å². The molecule has 0 spiro atoms. The third-order valence-electron chi connectivity index (χ3n) is 4.52. The topological polar surface area (TPSA) is 69.7 Å². The summed E-state index contributed by atoms with van der Waals surface area (Å²) in [6, 6.07) is 11.2. The van der Waals surface area contributed by atoms with Gasteiger partial charge in [-0.05, 0) is 56.7 Å². The van der Waals surface area contributed by atoms with Crippen molar-refractivity contribution >= 4 is 40.8 Å². The maximum Gasteiger partial charge on any atom is 0.332 e. The van der Waals surface area contributed by atoms with Gasteiger partial charge in [0.05, 0.1) is 0 Å². The fraction of sp³-hybridized carbons (Fsp3) is 0.250. The molecule has 3 rings (SSSR count). The second-order valence-electron chi connectivity index (χ2n) is 6.60. The lowest BCUT2D eigenvalue weighted by Gasteiger charge is -2.19. The largest absolute Gasteiger partial charge is 0.332 e. The molecule has 0 aromatic heterocycles. The molecular weight excluding hydrogens is 366 g/mol. The molecule has 1 heterocycles. The van der Waals surface area contributed by atoms with Crippen LogP contribution in [0.15, 0.2) is 42.5 Å². The zero-order valence-corrected chi connectivity index (χ0v) is 16.1. The molecule has 1 atom stereocenters. The molecule has 2 aromatic carbocycles. The molecule has 6 nitrogen and oxygen atoms in total. The zero-order chi connectivity index (χ0) is 19.7. The fourth-order valence-corrected chi connectivity index (χ4v) is 3.24. The Balaban J connectivity index is 1.74. The zero-order valence-electron chi connectivity index (χ0n) is 15.3. The summed E-state index contributed by atoms with van der Waals surface area (Å²) in [7, 11) is 0. The Morgan fingerprint density at radius 3 is 2.41 bits per heavy atom. The Bertz CT molecular complexity index is 911. The van der Waals surface area contributed by atoms with E-state index in [0.717, 1.165) is 16.0 Å². The summed E-state index contributed by atoms with van der Waals surface area (Å²) < 4.78 is 0. The third-order valence-corrected chi connectivity index (χ3v) is 4.76. The standard InChI is InChI=1S/C20H20ClN3O3/c1-12-4-7-16(8-5-12)24-14(3)19(26)23(20(24)27)11-18(25)22-17-9-6-15(21)10-13(17)2/h4-10,14H,11H2,1-3H3,(H,22,25)/t14-/m1/s1. The number of rotatable bonds is 4. The van der Waals surface area contributed by atoms with E-state index in [2.05, 4.69) is 5.32 Å². The van der Waals surface area contributed by atoms with Crippen LogP contribution in [0.4, 0.5) is 16.2 Å². The molecule has 1 aliphatic rings. The van der Waals surface area contributed by atoms with E-state index in [1.165, 1.54) is 4.90 Å². The molecular formula is C20H20ClN3O3. The highest BCUT2D eigenvalue weighted by Gasteiger charge is 2.44. The van der Waals surface area contributed by atoms with Gasteiger partial charge >= 0.3 is 6.03 Å². The van der Waals surface area contributed by atoms with Crippen molar-refractivity contribution in [3.8, 4) is 0 Å². The van der Waals surface area contributed by atoms with E-state index < -0.39 is 23.9 Å². The number of hydrogen-bond donors (Lipinski definition) is 1. The van der Waals surface area contributed by atoms with Crippen LogP contribution in [0, 0.1) is 13.8 Å². The van der Waals surface area contributed by atoms with Crippen LogP contribution < -0.4 is 10.2 Å². The quantitative estimate of drug-likeness (QED) is 0.815. The molecule has 0 unspecified atom stereocenters. The lowest BCUT2D eigenvalue weighted by Crippen LogP contribution is -2.39. The molecule has 2 aromatic rings. The van der Waals surface area contributed by atoms with Gasteiger partial charge in [0, 0.05) is 16.4 Å². The predicted molar refractivity (Wildman–Crippen MR) is 105 cm³/mol. The molecule has 1 saturated heterocycles. The molecule has 27 heavy (non-hydrogen) atoms. The van der Waals surface area contributed by atoms with Gasteiger partial charge in [-0.2, -0.15) is 0 Å². The minimum absolute atomic E-state index is 0.341. The summed E-state index contributed by atoms with van der Waals surface area (Å²) in [6.07, 6.45) is 0. The second-order valence-corrected chi connectivity index (χ2v) is 7.03. The number of nitrogens with one attached hydrogen (secondary N) is 1.